The maximum Gasteiger partial charge on any atom is 0.406 e. The highest BCUT2D eigenvalue weighted by Gasteiger charge is 2.03. The Balaban J connectivity index is 1.97. The molecule has 1 amide bonds. The quantitative estimate of drug-likeness (QED) is 0.838. The summed E-state index contributed by atoms with van der Waals surface area (Å²) in [6, 6.07) is 9.59. The molecule has 1 aromatic carbocycles. The normalized spacial score (nSPS) is 10.1. The molecular formula is C13H14N2O3. The summed E-state index contributed by atoms with van der Waals surface area (Å²) in [6.07, 6.45) is 1.26. The number of pyridine rings is 1. The molecule has 0 radical (unpaired) electrons. The first-order valence-electron chi connectivity index (χ1n) is 5.59. The number of nitrogens with one attached hydrogen (secondary N) is 1. The maximum absolute atomic E-state index is 10.8. The Kier molecular flexibility index (Phi) is 3.96. The third-order valence-electron chi connectivity index (χ3n) is 2.41. The number of alkyl carbamates (subject to hydrolysis) is 1. The van der Waals surface area contributed by atoms with E-state index in [0.717, 1.165) is 10.9 Å². The molecule has 0 fully saturated rings. The Morgan fingerprint density at radius 2 is 2.17 bits per heavy atom. The number of carbonyl (C=O) groups excluding carboxylic acids is 1. The smallest absolute Gasteiger partial charge is 0.406 e. The highest BCUT2D eigenvalue weighted by Crippen LogP contribution is 2.22. The van der Waals surface area contributed by atoms with Gasteiger partial charge in [0.1, 0.15) is 17.9 Å². The molecule has 0 unspecified atom stereocenters. The average molecular weight is 246 g/mol. The van der Waals surface area contributed by atoms with Crippen LogP contribution in [0.15, 0.2) is 36.5 Å². The van der Waals surface area contributed by atoms with E-state index in [2.05, 4.69) is 15.0 Å². The largest absolute Gasteiger partial charge is 0.489 e. The van der Waals surface area contributed by atoms with Crippen molar-refractivity contribution in [2.24, 2.45) is 0 Å². The zero-order chi connectivity index (χ0) is 12.8. The second kappa shape index (κ2) is 5.86. The van der Waals surface area contributed by atoms with Crippen LogP contribution < -0.4 is 10.1 Å². The lowest BCUT2D eigenvalue weighted by Crippen LogP contribution is -2.27. The number of carbonyl (C=O) groups is 1. The highest BCUT2D eigenvalue weighted by atomic mass is 16.5. The van der Waals surface area contributed by atoms with E-state index in [0.29, 0.717) is 18.9 Å². The van der Waals surface area contributed by atoms with Crippen LogP contribution in [0, 0.1) is 0 Å². The molecule has 1 N–H and O–H groups in total. The van der Waals surface area contributed by atoms with Crippen LogP contribution in [-0.4, -0.2) is 31.3 Å². The fourth-order valence-electron chi connectivity index (χ4n) is 1.58. The monoisotopic (exact) mass is 246 g/mol. The first-order chi connectivity index (χ1) is 8.81. The SMILES string of the molecule is COC(=O)NCCOc1cccc2cccnc12. The van der Waals surface area contributed by atoms with Crippen LogP contribution in [0.3, 0.4) is 0 Å². The predicted octanol–water partition coefficient (Wildman–Crippen LogP) is 1.97. The number of rotatable bonds is 4. The number of hydrogen-bond donors (Lipinski definition) is 1. The molecule has 1 aromatic heterocycles. The number of hydrogen-bond acceptors (Lipinski definition) is 4. The van der Waals surface area contributed by atoms with E-state index < -0.39 is 6.09 Å². The Morgan fingerprint density at radius 1 is 1.33 bits per heavy atom. The lowest BCUT2D eigenvalue weighted by atomic mass is 10.2. The Labute approximate surface area is 105 Å². The van der Waals surface area contributed by atoms with E-state index in [4.69, 9.17) is 4.74 Å². The number of para-hydroxylation sites is 1. The van der Waals surface area contributed by atoms with Gasteiger partial charge in [0.05, 0.1) is 13.7 Å². The van der Waals surface area contributed by atoms with Crippen molar-refractivity contribution >= 4 is 17.0 Å². The summed E-state index contributed by atoms with van der Waals surface area (Å²) in [6.45, 7) is 0.751. The van der Waals surface area contributed by atoms with Gasteiger partial charge in [-0.15, -0.1) is 0 Å². The third kappa shape index (κ3) is 2.88. The molecule has 2 aromatic rings. The van der Waals surface area contributed by atoms with Crippen molar-refractivity contribution in [1.82, 2.24) is 10.3 Å². The average Bonchev–Trinajstić information content (AvgIpc) is 2.43. The maximum atomic E-state index is 10.8. The van der Waals surface area contributed by atoms with Crippen molar-refractivity contribution in [3.8, 4) is 5.75 Å². The van der Waals surface area contributed by atoms with Gasteiger partial charge < -0.3 is 14.8 Å². The van der Waals surface area contributed by atoms with Crippen molar-refractivity contribution in [1.29, 1.82) is 0 Å². The Morgan fingerprint density at radius 3 is 3.00 bits per heavy atom. The molecule has 18 heavy (non-hydrogen) atoms. The van der Waals surface area contributed by atoms with Gasteiger partial charge in [0.15, 0.2) is 0 Å². The minimum absolute atomic E-state index is 0.366. The summed E-state index contributed by atoms with van der Waals surface area (Å²) in [5.41, 5.74) is 0.818. The van der Waals surface area contributed by atoms with Crippen molar-refractivity contribution in [3.63, 3.8) is 0 Å². The molecule has 0 aliphatic rings. The van der Waals surface area contributed by atoms with Crippen LogP contribution in [0.2, 0.25) is 0 Å². The molecule has 0 atom stereocenters. The molecular weight excluding hydrogens is 232 g/mol. The molecule has 0 spiro atoms. The van der Waals surface area contributed by atoms with E-state index >= 15 is 0 Å². The molecule has 5 nitrogen and oxygen atoms in total. The van der Waals surface area contributed by atoms with Gasteiger partial charge in [0.2, 0.25) is 0 Å². The van der Waals surface area contributed by atoms with Crippen LogP contribution >= 0.6 is 0 Å². The molecule has 2 rings (SSSR count). The van der Waals surface area contributed by atoms with Crippen LogP contribution in [0.4, 0.5) is 4.79 Å². The van der Waals surface area contributed by atoms with Gasteiger partial charge in [-0.25, -0.2) is 4.79 Å². The van der Waals surface area contributed by atoms with Crippen LogP contribution in [-0.2, 0) is 4.74 Å². The van der Waals surface area contributed by atoms with E-state index in [9.17, 15) is 4.79 Å². The Bertz CT molecular complexity index is 537. The molecule has 0 aliphatic heterocycles. The van der Waals surface area contributed by atoms with Crippen molar-refractivity contribution in [2.75, 3.05) is 20.3 Å². The second-order valence-corrected chi connectivity index (χ2v) is 3.60. The van der Waals surface area contributed by atoms with Gasteiger partial charge in [0, 0.05) is 11.6 Å². The van der Waals surface area contributed by atoms with Crippen LogP contribution in [0.1, 0.15) is 0 Å². The molecule has 5 heteroatoms. The standard InChI is InChI=1S/C13H14N2O3/c1-17-13(16)15-8-9-18-11-6-2-4-10-5-3-7-14-12(10)11/h2-7H,8-9H2,1H3,(H,15,16). The highest BCUT2D eigenvalue weighted by molar-refractivity contribution is 5.84. The number of fused-ring (bicyclic) bond motifs is 1. The van der Waals surface area contributed by atoms with E-state index in [-0.39, 0.29) is 0 Å². The van der Waals surface area contributed by atoms with Gasteiger partial charge >= 0.3 is 6.09 Å². The zero-order valence-corrected chi connectivity index (χ0v) is 10.1. The van der Waals surface area contributed by atoms with E-state index in [1.165, 1.54) is 7.11 Å². The van der Waals surface area contributed by atoms with Gasteiger partial charge in [-0.1, -0.05) is 18.2 Å². The van der Waals surface area contributed by atoms with Gasteiger partial charge in [-0.3, -0.25) is 4.98 Å². The summed E-state index contributed by atoms with van der Waals surface area (Å²) in [5, 5.41) is 3.57. The fraction of sp³-hybridized carbons (Fsp3) is 0.231. The summed E-state index contributed by atoms with van der Waals surface area (Å²) in [5.74, 6) is 0.708. The van der Waals surface area contributed by atoms with E-state index in [1.807, 2.05) is 30.3 Å². The first kappa shape index (κ1) is 12.2. The number of amides is 1. The number of aromatic nitrogens is 1. The molecule has 0 aliphatic carbocycles. The lowest BCUT2D eigenvalue weighted by molar-refractivity contribution is 0.168. The van der Waals surface area contributed by atoms with Crippen molar-refractivity contribution in [3.05, 3.63) is 36.5 Å². The molecule has 0 saturated heterocycles. The van der Waals surface area contributed by atoms with E-state index in [1.54, 1.807) is 6.20 Å². The van der Waals surface area contributed by atoms with Crippen molar-refractivity contribution in [2.45, 2.75) is 0 Å². The third-order valence-corrected chi connectivity index (χ3v) is 2.41. The number of methoxy groups -OCH3 is 1. The number of nitrogens with zero attached hydrogens (tertiary/aromatic N) is 1. The predicted molar refractivity (Wildman–Crippen MR) is 67.6 cm³/mol. The van der Waals surface area contributed by atoms with Gasteiger partial charge in [-0.05, 0) is 12.1 Å². The molecule has 94 valence electrons. The Hall–Kier alpha value is -2.30. The minimum atomic E-state index is -0.463. The van der Waals surface area contributed by atoms with Crippen LogP contribution in [0.5, 0.6) is 5.75 Å². The molecule has 0 saturated carbocycles. The summed E-state index contributed by atoms with van der Waals surface area (Å²) in [7, 11) is 1.32. The first-order valence-corrected chi connectivity index (χ1v) is 5.59. The number of benzene rings is 1. The van der Waals surface area contributed by atoms with Gasteiger partial charge in [-0.2, -0.15) is 0 Å². The van der Waals surface area contributed by atoms with Crippen molar-refractivity contribution < 1.29 is 14.3 Å². The summed E-state index contributed by atoms with van der Waals surface area (Å²) >= 11 is 0. The second-order valence-electron chi connectivity index (χ2n) is 3.60. The summed E-state index contributed by atoms with van der Waals surface area (Å²) in [4.78, 5) is 15.1. The summed E-state index contributed by atoms with van der Waals surface area (Å²) < 4.78 is 10.0. The molecule has 1 heterocycles. The fourth-order valence-corrected chi connectivity index (χ4v) is 1.58. The topological polar surface area (TPSA) is 60.5 Å². The molecule has 0 bridgehead atoms. The number of ether oxygens (including phenoxy) is 2. The zero-order valence-electron chi connectivity index (χ0n) is 10.1. The van der Waals surface area contributed by atoms with Crippen LogP contribution in [0.25, 0.3) is 10.9 Å². The van der Waals surface area contributed by atoms with Gasteiger partial charge in [0.25, 0.3) is 0 Å². The lowest BCUT2D eigenvalue weighted by Gasteiger charge is -2.08. The minimum Gasteiger partial charge on any atom is -0.489 e.